The summed E-state index contributed by atoms with van der Waals surface area (Å²) in [6.45, 7) is 0.438. The van der Waals surface area contributed by atoms with Gasteiger partial charge < -0.3 is 5.73 Å². The highest BCUT2D eigenvalue weighted by atomic mass is 32.2. The molecule has 0 unspecified atom stereocenters. The second-order valence-corrected chi connectivity index (χ2v) is 5.98. The highest BCUT2D eigenvalue weighted by Gasteiger charge is 2.05. The third-order valence-corrected chi connectivity index (χ3v) is 4.50. The normalized spacial score (nSPS) is 11.0. The minimum Gasteiger partial charge on any atom is -0.326 e. The SMILES string of the molecule is NCc1ccc(F)c(CSc2ccc3ccccc3c2)c1. The van der Waals surface area contributed by atoms with Crippen LogP contribution in [0.25, 0.3) is 10.8 Å². The Morgan fingerprint density at radius 2 is 1.71 bits per heavy atom. The topological polar surface area (TPSA) is 26.0 Å². The molecule has 3 heteroatoms. The average Bonchev–Trinajstić information content (AvgIpc) is 2.54. The smallest absolute Gasteiger partial charge is 0.127 e. The maximum absolute atomic E-state index is 13.8. The molecular weight excluding hydrogens is 281 g/mol. The lowest BCUT2D eigenvalue weighted by Crippen LogP contribution is -1.98. The highest BCUT2D eigenvalue weighted by Crippen LogP contribution is 2.27. The van der Waals surface area contributed by atoms with E-state index in [1.54, 1.807) is 17.8 Å². The molecule has 21 heavy (non-hydrogen) atoms. The average molecular weight is 297 g/mol. The monoisotopic (exact) mass is 297 g/mol. The second-order valence-electron chi connectivity index (χ2n) is 4.93. The third-order valence-electron chi connectivity index (χ3n) is 3.46. The van der Waals surface area contributed by atoms with Gasteiger partial charge in [-0.2, -0.15) is 0 Å². The van der Waals surface area contributed by atoms with Crippen LogP contribution in [0, 0.1) is 5.82 Å². The Morgan fingerprint density at radius 3 is 2.52 bits per heavy atom. The predicted octanol–water partition coefficient (Wildman–Crippen LogP) is 4.73. The molecule has 106 valence electrons. The number of nitrogens with two attached hydrogens (primary N) is 1. The summed E-state index contributed by atoms with van der Waals surface area (Å²) in [4.78, 5) is 1.14. The van der Waals surface area contributed by atoms with Crippen LogP contribution < -0.4 is 5.73 Å². The van der Waals surface area contributed by atoms with E-state index in [-0.39, 0.29) is 5.82 Å². The van der Waals surface area contributed by atoms with Crippen LogP contribution in [-0.4, -0.2) is 0 Å². The lowest BCUT2D eigenvalue weighted by Gasteiger charge is -2.07. The van der Waals surface area contributed by atoms with Gasteiger partial charge in [0.1, 0.15) is 5.82 Å². The molecule has 0 saturated carbocycles. The van der Waals surface area contributed by atoms with Gasteiger partial charge in [0.25, 0.3) is 0 Å². The van der Waals surface area contributed by atoms with Gasteiger partial charge in [0.05, 0.1) is 0 Å². The fourth-order valence-electron chi connectivity index (χ4n) is 2.28. The minimum atomic E-state index is -0.166. The van der Waals surface area contributed by atoms with Crippen molar-refractivity contribution in [3.63, 3.8) is 0 Å². The van der Waals surface area contributed by atoms with E-state index in [0.29, 0.717) is 17.9 Å². The summed E-state index contributed by atoms with van der Waals surface area (Å²) < 4.78 is 13.8. The van der Waals surface area contributed by atoms with Gasteiger partial charge in [0.2, 0.25) is 0 Å². The van der Waals surface area contributed by atoms with E-state index in [9.17, 15) is 4.39 Å². The fourth-order valence-corrected chi connectivity index (χ4v) is 3.20. The Hall–Kier alpha value is -1.84. The zero-order valence-corrected chi connectivity index (χ0v) is 12.4. The second kappa shape index (κ2) is 6.29. The molecule has 3 rings (SSSR count). The molecule has 3 aromatic carbocycles. The van der Waals surface area contributed by atoms with Crippen molar-refractivity contribution in [2.24, 2.45) is 5.73 Å². The van der Waals surface area contributed by atoms with Crippen molar-refractivity contribution in [1.82, 2.24) is 0 Å². The number of halogens is 1. The van der Waals surface area contributed by atoms with Crippen LogP contribution in [0.4, 0.5) is 4.39 Å². The van der Waals surface area contributed by atoms with Gasteiger partial charge in [-0.3, -0.25) is 0 Å². The summed E-state index contributed by atoms with van der Waals surface area (Å²) in [6, 6.07) is 19.7. The summed E-state index contributed by atoms with van der Waals surface area (Å²) in [5.41, 5.74) is 7.28. The predicted molar refractivity (Wildman–Crippen MR) is 87.8 cm³/mol. The lowest BCUT2D eigenvalue weighted by atomic mass is 10.1. The number of hydrogen-bond acceptors (Lipinski definition) is 2. The first-order valence-corrected chi connectivity index (χ1v) is 7.84. The number of rotatable bonds is 4. The fraction of sp³-hybridized carbons (Fsp3) is 0.111. The number of fused-ring (bicyclic) bond motifs is 1. The Bertz CT molecular complexity index is 770. The van der Waals surface area contributed by atoms with Crippen molar-refractivity contribution < 1.29 is 4.39 Å². The maximum atomic E-state index is 13.8. The first-order valence-electron chi connectivity index (χ1n) is 6.85. The summed E-state index contributed by atoms with van der Waals surface area (Å²) in [5, 5.41) is 2.43. The van der Waals surface area contributed by atoms with E-state index in [0.717, 1.165) is 10.5 Å². The zero-order valence-electron chi connectivity index (χ0n) is 11.6. The van der Waals surface area contributed by atoms with Crippen molar-refractivity contribution in [2.45, 2.75) is 17.2 Å². The van der Waals surface area contributed by atoms with E-state index in [1.165, 1.54) is 16.8 Å². The molecular formula is C18H16FNS. The van der Waals surface area contributed by atoms with E-state index in [4.69, 9.17) is 5.73 Å². The van der Waals surface area contributed by atoms with Crippen molar-refractivity contribution in [3.8, 4) is 0 Å². The van der Waals surface area contributed by atoms with E-state index in [2.05, 4.69) is 30.3 Å². The van der Waals surface area contributed by atoms with Crippen LogP contribution in [0.2, 0.25) is 0 Å². The van der Waals surface area contributed by atoms with Crippen molar-refractivity contribution in [1.29, 1.82) is 0 Å². The largest absolute Gasteiger partial charge is 0.326 e. The number of hydrogen-bond donors (Lipinski definition) is 1. The number of thioether (sulfide) groups is 1. The van der Waals surface area contributed by atoms with Crippen LogP contribution >= 0.6 is 11.8 Å². The quantitative estimate of drug-likeness (QED) is 0.705. The van der Waals surface area contributed by atoms with Gasteiger partial charge in [-0.05, 0) is 40.1 Å². The van der Waals surface area contributed by atoms with Crippen LogP contribution in [-0.2, 0) is 12.3 Å². The van der Waals surface area contributed by atoms with Crippen molar-refractivity contribution >= 4 is 22.5 Å². The Morgan fingerprint density at radius 1 is 0.905 bits per heavy atom. The van der Waals surface area contributed by atoms with Crippen LogP contribution in [0.3, 0.4) is 0 Å². The minimum absolute atomic E-state index is 0.166. The van der Waals surface area contributed by atoms with Gasteiger partial charge in [0, 0.05) is 17.2 Å². The van der Waals surface area contributed by atoms with Crippen molar-refractivity contribution in [2.75, 3.05) is 0 Å². The molecule has 0 fully saturated rings. The molecule has 0 atom stereocenters. The van der Waals surface area contributed by atoms with Crippen LogP contribution in [0.15, 0.2) is 65.6 Å². The molecule has 0 radical (unpaired) electrons. The summed E-state index contributed by atoms with van der Waals surface area (Å²) in [7, 11) is 0. The molecule has 0 amide bonds. The molecule has 0 aromatic heterocycles. The van der Waals surface area contributed by atoms with E-state index in [1.807, 2.05) is 18.2 Å². The molecule has 0 saturated heterocycles. The number of benzene rings is 3. The van der Waals surface area contributed by atoms with E-state index >= 15 is 0 Å². The Balaban J connectivity index is 1.80. The summed E-state index contributed by atoms with van der Waals surface area (Å²) >= 11 is 1.64. The summed E-state index contributed by atoms with van der Waals surface area (Å²) in [5.74, 6) is 0.443. The molecule has 0 aliphatic heterocycles. The molecule has 3 aromatic rings. The molecule has 0 spiro atoms. The molecule has 0 bridgehead atoms. The Kier molecular flexibility index (Phi) is 4.23. The molecule has 2 N–H and O–H groups in total. The maximum Gasteiger partial charge on any atom is 0.127 e. The van der Waals surface area contributed by atoms with Crippen LogP contribution in [0.5, 0.6) is 0 Å². The lowest BCUT2D eigenvalue weighted by molar-refractivity contribution is 0.616. The van der Waals surface area contributed by atoms with Crippen molar-refractivity contribution in [3.05, 3.63) is 77.6 Å². The van der Waals surface area contributed by atoms with Gasteiger partial charge in [-0.15, -0.1) is 11.8 Å². The zero-order chi connectivity index (χ0) is 14.7. The molecule has 0 aliphatic carbocycles. The van der Waals surface area contributed by atoms with Gasteiger partial charge in [0.15, 0.2) is 0 Å². The van der Waals surface area contributed by atoms with Gasteiger partial charge in [-0.25, -0.2) is 4.39 Å². The standard InChI is InChI=1S/C18H16FNS/c19-18-8-5-13(11-20)9-16(18)12-21-17-7-6-14-3-1-2-4-15(14)10-17/h1-10H,11-12,20H2. The van der Waals surface area contributed by atoms with Crippen LogP contribution in [0.1, 0.15) is 11.1 Å². The third kappa shape index (κ3) is 3.26. The Labute approximate surface area is 128 Å². The van der Waals surface area contributed by atoms with Gasteiger partial charge >= 0.3 is 0 Å². The summed E-state index contributed by atoms with van der Waals surface area (Å²) in [6.07, 6.45) is 0. The first-order chi connectivity index (χ1) is 10.3. The van der Waals surface area contributed by atoms with E-state index < -0.39 is 0 Å². The molecule has 0 heterocycles. The first kappa shape index (κ1) is 14.1. The molecule has 0 aliphatic rings. The molecule has 1 nitrogen and oxygen atoms in total. The van der Waals surface area contributed by atoms with Gasteiger partial charge in [-0.1, -0.05) is 42.5 Å². The highest BCUT2D eigenvalue weighted by molar-refractivity contribution is 7.98.